The Labute approximate surface area is 94.7 Å². The number of ether oxygens (including phenoxy) is 1. The van der Waals surface area contributed by atoms with Crippen LogP contribution in [-0.2, 0) is 23.2 Å². The third kappa shape index (κ3) is 4.21. The number of esters is 1. The van der Waals surface area contributed by atoms with E-state index in [1.54, 1.807) is 0 Å². The minimum absolute atomic E-state index is 0. The first-order valence-electron chi connectivity index (χ1n) is 3.77. The van der Waals surface area contributed by atoms with Gasteiger partial charge in [0.1, 0.15) is 7.05 Å². The number of aryl methyl sites for hydroxylation is 1. The zero-order valence-corrected chi connectivity index (χ0v) is 9.82. The van der Waals surface area contributed by atoms with E-state index >= 15 is 0 Å². The van der Waals surface area contributed by atoms with Crippen molar-refractivity contribution < 1.29 is 38.1 Å². The van der Waals surface area contributed by atoms with Crippen LogP contribution in [0.25, 0.3) is 0 Å². The highest BCUT2D eigenvalue weighted by Crippen LogP contribution is 1.93. The molecule has 0 fully saturated rings. The number of pyridine rings is 1. The summed E-state index contributed by atoms with van der Waals surface area (Å²) in [6.07, 6.45) is 1.92. The lowest BCUT2D eigenvalue weighted by molar-refractivity contribution is -0.681. The van der Waals surface area contributed by atoms with E-state index in [0.717, 1.165) is 5.69 Å². The van der Waals surface area contributed by atoms with Gasteiger partial charge in [0.2, 0.25) is 5.69 Å². The largest absolute Gasteiger partial charge is 1.00 e. The number of carbonyl (C=O) groups is 1. The van der Waals surface area contributed by atoms with E-state index in [-0.39, 0.29) is 29.9 Å². The summed E-state index contributed by atoms with van der Waals surface area (Å²) in [5.74, 6) is -0.251. The normalized spacial score (nSPS) is 8.77. The number of nitrogens with zero attached hydrogens (tertiary/aromatic N) is 1. The van der Waals surface area contributed by atoms with Crippen LogP contribution in [0.2, 0.25) is 0 Å². The third-order valence-electron chi connectivity index (χ3n) is 1.59. The Morgan fingerprint density at radius 3 is 2.77 bits per heavy atom. The van der Waals surface area contributed by atoms with Crippen LogP contribution in [0, 0.1) is 0 Å². The van der Waals surface area contributed by atoms with Gasteiger partial charge in [-0.3, -0.25) is 4.79 Å². The molecule has 0 radical (unpaired) electrons. The van der Waals surface area contributed by atoms with Crippen LogP contribution < -0.4 is 28.5 Å². The summed E-state index contributed by atoms with van der Waals surface area (Å²) < 4.78 is 6.77. The molecule has 0 aliphatic carbocycles. The molecule has 0 N–H and O–H groups in total. The first kappa shape index (κ1) is 12.3. The highest BCUT2D eigenvalue weighted by Gasteiger charge is 2.05. The van der Waals surface area contributed by atoms with E-state index in [1.165, 1.54) is 6.92 Å². The summed E-state index contributed by atoms with van der Waals surface area (Å²) in [5.41, 5.74) is 0.979. The van der Waals surface area contributed by atoms with Gasteiger partial charge in [0.15, 0.2) is 12.8 Å². The Morgan fingerprint density at radius 1 is 1.54 bits per heavy atom. The average Bonchev–Trinajstić information content (AvgIpc) is 2.03. The van der Waals surface area contributed by atoms with E-state index in [1.807, 2.05) is 36.0 Å². The fraction of sp³-hybridized carbons (Fsp3) is 0.333. The van der Waals surface area contributed by atoms with Crippen molar-refractivity contribution in [3.05, 3.63) is 30.1 Å². The van der Waals surface area contributed by atoms with E-state index in [0.29, 0.717) is 6.61 Å². The molecule has 0 amide bonds. The van der Waals surface area contributed by atoms with E-state index < -0.39 is 0 Å². The molecular formula is C9H12INO2. The van der Waals surface area contributed by atoms with Crippen LogP contribution >= 0.6 is 0 Å². The third-order valence-corrected chi connectivity index (χ3v) is 1.59. The quantitative estimate of drug-likeness (QED) is 0.345. The lowest BCUT2D eigenvalue weighted by atomic mass is 10.3. The minimum Gasteiger partial charge on any atom is -1.00 e. The van der Waals surface area contributed by atoms with Crippen molar-refractivity contribution >= 4 is 5.97 Å². The summed E-state index contributed by atoms with van der Waals surface area (Å²) >= 11 is 0. The number of aromatic nitrogens is 1. The highest BCUT2D eigenvalue weighted by molar-refractivity contribution is 5.65. The predicted molar refractivity (Wildman–Crippen MR) is 43.1 cm³/mol. The molecule has 0 unspecified atom stereocenters. The van der Waals surface area contributed by atoms with Crippen molar-refractivity contribution in [3.63, 3.8) is 0 Å². The molecule has 3 nitrogen and oxygen atoms in total. The molecule has 0 atom stereocenters. The maximum Gasteiger partial charge on any atom is 0.303 e. The standard InChI is InChI=1S/C9H12NO2.HI/c1-8(11)12-7-9-5-3-4-6-10(9)2;/h3-6H,7H2,1-2H3;1H/q+1;/p-1. The molecule has 0 aliphatic rings. The molecule has 0 aromatic carbocycles. The molecule has 13 heavy (non-hydrogen) atoms. The maximum atomic E-state index is 10.5. The Kier molecular flexibility index (Phi) is 5.61. The first-order chi connectivity index (χ1) is 5.70. The van der Waals surface area contributed by atoms with Crippen LogP contribution in [0.1, 0.15) is 12.6 Å². The van der Waals surface area contributed by atoms with E-state index in [4.69, 9.17) is 4.74 Å². The van der Waals surface area contributed by atoms with E-state index in [2.05, 4.69) is 0 Å². The lowest BCUT2D eigenvalue weighted by Gasteiger charge is -1.99. The van der Waals surface area contributed by atoms with Gasteiger partial charge in [0.25, 0.3) is 0 Å². The van der Waals surface area contributed by atoms with Gasteiger partial charge < -0.3 is 28.7 Å². The van der Waals surface area contributed by atoms with Gasteiger partial charge in [-0.2, -0.15) is 0 Å². The van der Waals surface area contributed by atoms with Crippen molar-refractivity contribution in [3.8, 4) is 0 Å². The first-order valence-corrected chi connectivity index (χ1v) is 3.77. The second kappa shape index (κ2) is 5.90. The monoisotopic (exact) mass is 293 g/mol. The zero-order valence-electron chi connectivity index (χ0n) is 7.66. The molecular weight excluding hydrogens is 281 g/mol. The second-order valence-corrected chi connectivity index (χ2v) is 2.58. The van der Waals surface area contributed by atoms with Gasteiger partial charge in [0.05, 0.1) is 0 Å². The zero-order chi connectivity index (χ0) is 8.97. The van der Waals surface area contributed by atoms with Crippen molar-refractivity contribution in [1.29, 1.82) is 0 Å². The van der Waals surface area contributed by atoms with Gasteiger partial charge in [-0.25, -0.2) is 4.57 Å². The number of hydrogen-bond acceptors (Lipinski definition) is 2. The maximum absolute atomic E-state index is 10.5. The predicted octanol–water partition coefficient (Wildman–Crippen LogP) is -2.42. The number of hydrogen-bond donors (Lipinski definition) is 0. The number of halogens is 1. The van der Waals surface area contributed by atoms with Gasteiger partial charge in [-0.1, -0.05) is 0 Å². The van der Waals surface area contributed by atoms with Gasteiger partial charge in [0, 0.05) is 19.1 Å². The molecule has 1 rings (SSSR count). The molecule has 0 aliphatic heterocycles. The summed E-state index contributed by atoms with van der Waals surface area (Å²) in [6.45, 7) is 1.75. The lowest BCUT2D eigenvalue weighted by Crippen LogP contribution is -3.00. The molecule has 0 saturated heterocycles. The smallest absolute Gasteiger partial charge is 0.303 e. The Morgan fingerprint density at radius 2 is 2.23 bits per heavy atom. The summed E-state index contributed by atoms with van der Waals surface area (Å²) in [6, 6.07) is 5.76. The fourth-order valence-corrected chi connectivity index (χ4v) is 0.884. The molecule has 72 valence electrons. The Bertz CT molecular complexity index is 289. The second-order valence-electron chi connectivity index (χ2n) is 2.58. The minimum atomic E-state index is -0.251. The van der Waals surface area contributed by atoms with Crippen molar-refractivity contribution in [2.45, 2.75) is 13.5 Å². The Balaban J connectivity index is 0.00000144. The molecule has 1 aromatic rings. The summed E-state index contributed by atoms with van der Waals surface area (Å²) in [4.78, 5) is 10.5. The van der Waals surface area contributed by atoms with E-state index in [9.17, 15) is 4.79 Å². The summed E-state index contributed by atoms with van der Waals surface area (Å²) in [5, 5.41) is 0. The van der Waals surface area contributed by atoms with Crippen molar-refractivity contribution in [2.24, 2.45) is 7.05 Å². The van der Waals surface area contributed by atoms with Crippen molar-refractivity contribution in [2.75, 3.05) is 0 Å². The highest BCUT2D eigenvalue weighted by atomic mass is 127. The average molecular weight is 293 g/mol. The van der Waals surface area contributed by atoms with Crippen LogP contribution in [0.5, 0.6) is 0 Å². The van der Waals surface area contributed by atoms with Gasteiger partial charge in [-0.05, 0) is 6.07 Å². The van der Waals surface area contributed by atoms with Crippen molar-refractivity contribution in [1.82, 2.24) is 0 Å². The molecule has 0 bridgehead atoms. The Hall–Kier alpha value is -0.650. The topological polar surface area (TPSA) is 30.2 Å². The van der Waals surface area contributed by atoms with Crippen LogP contribution in [-0.4, -0.2) is 5.97 Å². The molecule has 0 saturated carbocycles. The molecule has 4 heteroatoms. The SMILES string of the molecule is CC(=O)OCc1cccc[n+]1C.[I-]. The number of carbonyl (C=O) groups excluding carboxylic acids is 1. The van der Waals surface area contributed by atoms with Crippen LogP contribution in [0.4, 0.5) is 0 Å². The molecule has 1 heterocycles. The fourth-order valence-electron chi connectivity index (χ4n) is 0.884. The summed E-state index contributed by atoms with van der Waals surface area (Å²) in [7, 11) is 1.92. The molecule has 1 aromatic heterocycles. The van der Waals surface area contributed by atoms with Gasteiger partial charge >= 0.3 is 5.97 Å². The number of rotatable bonds is 2. The van der Waals surface area contributed by atoms with Crippen LogP contribution in [0.15, 0.2) is 24.4 Å². The van der Waals surface area contributed by atoms with Gasteiger partial charge in [-0.15, -0.1) is 0 Å². The molecule has 0 spiro atoms. The van der Waals surface area contributed by atoms with Crippen LogP contribution in [0.3, 0.4) is 0 Å².